The smallest absolute Gasteiger partial charge is 0.246 e. The van der Waals surface area contributed by atoms with Crippen molar-refractivity contribution in [3.8, 4) is 6.07 Å². The van der Waals surface area contributed by atoms with Crippen molar-refractivity contribution in [3.05, 3.63) is 11.1 Å². The lowest BCUT2D eigenvalue weighted by atomic mass is 9.80. The second-order valence-corrected chi connectivity index (χ2v) is 5.30. The van der Waals surface area contributed by atoms with E-state index in [9.17, 15) is 10.1 Å². The Hall–Kier alpha value is -1.41. The highest BCUT2D eigenvalue weighted by atomic mass is 32.1. The molecule has 1 rings (SSSR count). The van der Waals surface area contributed by atoms with E-state index in [4.69, 9.17) is 0 Å². The number of nitrogens with one attached hydrogen (secondary N) is 1. The van der Waals surface area contributed by atoms with Crippen molar-refractivity contribution < 1.29 is 4.79 Å². The van der Waals surface area contributed by atoms with Gasteiger partial charge < -0.3 is 5.32 Å². The monoisotopic (exact) mass is 265 g/mol. The van der Waals surface area contributed by atoms with Gasteiger partial charge in [-0.15, -0.1) is 11.3 Å². The molecule has 1 amide bonds. The third-order valence-electron chi connectivity index (χ3n) is 2.84. The highest BCUT2D eigenvalue weighted by Crippen LogP contribution is 2.31. The quantitative estimate of drug-likeness (QED) is 0.856. The molecule has 0 unspecified atom stereocenters. The first kappa shape index (κ1) is 14.7. The van der Waals surface area contributed by atoms with Gasteiger partial charge >= 0.3 is 0 Å². The summed E-state index contributed by atoms with van der Waals surface area (Å²) >= 11 is 1.39. The summed E-state index contributed by atoms with van der Waals surface area (Å²) in [5.74, 6) is -0.219. The molecule has 98 valence electrons. The Morgan fingerprint density at radius 3 is 2.50 bits per heavy atom. The average molecular weight is 265 g/mol. The fourth-order valence-corrected chi connectivity index (χ4v) is 2.68. The van der Waals surface area contributed by atoms with Gasteiger partial charge in [0.1, 0.15) is 5.41 Å². The normalized spacial score (nSPS) is 11.0. The molecule has 18 heavy (non-hydrogen) atoms. The summed E-state index contributed by atoms with van der Waals surface area (Å²) in [6, 6.07) is 2.21. The SMILES string of the molecule is CCCC(C#N)(CCC)C(=O)Nc1nc(C)cs1. The van der Waals surface area contributed by atoms with Crippen LogP contribution in [0.5, 0.6) is 0 Å². The summed E-state index contributed by atoms with van der Waals surface area (Å²) in [4.78, 5) is 16.5. The molecule has 0 fully saturated rings. The summed E-state index contributed by atoms with van der Waals surface area (Å²) in [5.41, 5.74) is -0.0351. The van der Waals surface area contributed by atoms with Crippen molar-refractivity contribution in [1.29, 1.82) is 5.26 Å². The van der Waals surface area contributed by atoms with Gasteiger partial charge in [0.25, 0.3) is 0 Å². The number of amides is 1. The van der Waals surface area contributed by atoms with Gasteiger partial charge in [0.15, 0.2) is 5.13 Å². The zero-order valence-corrected chi connectivity index (χ0v) is 11.9. The zero-order chi connectivity index (χ0) is 13.6. The molecule has 0 aliphatic rings. The van der Waals surface area contributed by atoms with Crippen molar-refractivity contribution in [2.45, 2.75) is 46.5 Å². The molecular formula is C13H19N3OS. The van der Waals surface area contributed by atoms with Crippen LogP contribution >= 0.6 is 11.3 Å². The minimum Gasteiger partial charge on any atom is -0.301 e. The maximum atomic E-state index is 12.3. The molecule has 1 aromatic heterocycles. The van der Waals surface area contributed by atoms with E-state index in [1.807, 2.05) is 26.2 Å². The van der Waals surface area contributed by atoms with Crippen LogP contribution in [0.2, 0.25) is 0 Å². The molecule has 0 aromatic carbocycles. The number of thiazole rings is 1. The predicted octanol–water partition coefficient (Wildman–Crippen LogP) is 3.50. The molecule has 1 N–H and O–H groups in total. The van der Waals surface area contributed by atoms with Crippen LogP contribution in [0.1, 0.15) is 45.2 Å². The van der Waals surface area contributed by atoms with E-state index >= 15 is 0 Å². The first-order valence-electron chi connectivity index (χ1n) is 6.22. The molecule has 0 spiro atoms. The molecule has 1 heterocycles. The minimum absolute atomic E-state index is 0.219. The van der Waals surface area contributed by atoms with Gasteiger partial charge in [0.05, 0.1) is 11.8 Å². The van der Waals surface area contributed by atoms with Crippen LogP contribution in [0.3, 0.4) is 0 Å². The van der Waals surface area contributed by atoms with Crippen molar-refractivity contribution in [2.24, 2.45) is 5.41 Å². The van der Waals surface area contributed by atoms with Gasteiger partial charge in [-0.1, -0.05) is 26.7 Å². The molecule has 4 nitrogen and oxygen atoms in total. The Morgan fingerprint density at radius 1 is 1.50 bits per heavy atom. The number of carbonyl (C=O) groups excluding carboxylic acids is 1. The summed E-state index contributed by atoms with van der Waals surface area (Å²) in [7, 11) is 0. The van der Waals surface area contributed by atoms with Crippen molar-refractivity contribution >= 4 is 22.4 Å². The summed E-state index contributed by atoms with van der Waals surface area (Å²) in [6.45, 7) is 5.85. The Balaban J connectivity index is 2.85. The Kier molecular flexibility index (Phi) is 5.29. The van der Waals surface area contributed by atoms with E-state index in [0.29, 0.717) is 18.0 Å². The van der Waals surface area contributed by atoms with Gasteiger partial charge in [-0.3, -0.25) is 4.79 Å². The number of hydrogen-bond donors (Lipinski definition) is 1. The molecule has 0 aliphatic carbocycles. The maximum absolute atomic E-state index is 12.3. The molecule has 0 bridgehead atoms. The molecular weight excluding hydrogens is 246 g/mol. The van der Waals surface area contributed by atoms with Crippen LogP contribution in [0.25, 0.3) is 0 Å². The minimum atomic E-state index is -0.914. The van der Waals surface area contributed by atoms with Crippen LogP contribution in [-0.2, 0) is 4.79 Å². The molecule has 1 aromatic rings. The first-order valence-corrected chi connectivity index (χ1v) is 7.10. The topological polar surface area (TPSA) is 65.8 Å². The van der Waals surface area contributed by atoms with Gasteiger partial charge in [-0.25, -0.2) is 4.98 Å². The highest BCUT2D eigenvalue weighted by molar-refractivity contribution is 7.13. The fourth-order valence-electron chi connectivity index (χ4n) is 2.00. The number of carbonyl (C=O) groups is 1. The first-order chi connectivity index (χ1) is 8.57. The molecule has 0 radical (unpaired) electrons. The van der Waals surface area contributed by atoms with E-state index in [-0.39, 0.29) is 5.91 Å². The lowest BCUT2D eigenvalue weighted by Crippen LogP contribution is -2.35. The van der Waals surface area contributed by atoms with E-state index < -0.39 is 5.41 Å². The van der Waals surface area contributed by atoms with Crippen LogP contribution in [0.15, 0.2) is 5.38 Å². The van der Waals surface area contributed by atoms with Crippen molar-refractivity contribution in [3.63, 3.8) is 0 Å². The van der Waals surface area contributed by atoms with Crippen LogP contribution in [0.4, 0.5) is 5.13 Å². The molecule has 0 aliphatic heterocycles. The number of anilines is 1. The second-order valence-electron chi connectivity index (χ2n) is 4.44. The van der Waals surface area contributed by atoms with Gasteiger partial charge in [0.2, 0.25) is 5.91 Å². The number of nitrogens with zero attached hydrogens (tertiary/aromatic N) is 2. The number of nitriles is 1. The van der Waals surface area contributed by atoms with Crippen LogP contribution in [-0.4, -0.2) is 10.9 Å². The largest absolute Gasteiger partial charge is 0.301 e. The Labute approximate surface area is 112 Å². The van der Waals surface area contributed by atoms with Crippen LogP contribution in [0, 0.1) is 23.7 Å². The average Bonchev–Trinajstić information content (AvgIpc) is 2.74. The Morgan fingerprint density at radius 2 is 2.11 bits per heavy atom. The number of aromatic nitrogens is 1. The predicted molar refractivity (Wildman–Crippen MR) is 73.3 cm³/mol. The lowest BCUT2D eigenvalue weighted by molar-refractivity contribution is -0.123. The second kappa shape index (κ2) is 6.50. The van der Waals surface area contributed by atoms with E-state index in [0.717, 1.165) is 18.5 Å². The number of aryl methyl sites for hydroxylation is 1. The van der Waals surface area contributed by atoms with Crippen molar-refractivity contribution in [1.82, 2.24) is 4.98 Å². The van der Waals surface area contributed by atoms with Gasteiger partial charge in [0, 0.05) is 5.38 Å². The summed E-state index contributed by atoms with van der Waals surface area (Å²) in [5, 5.41) is 14.6. The number of rotatable bonds is 6. The lowest BCUT2D eigenvalue weighted by Gasteiger charge is -2.23. The zero-order valence-electron chi connectivity index (χ0n) is 11.1. The molecule has 0 saturated carbocycles. The van der Waals surface area contributed by atoms with Gasteiger partial charge in [-0.05, 0) is 19.8 Å². The molecule has 0 atom stereocenters. The Bertz CT molecular complexity index is 441. The highest BCUT2D eigenvalue weighted by Gasteiger charge is 2.37. The third-order valence-corrected chi connectivity index (χ3v) is 3.72. The third kappa shape index (κ3) is 3.30. The standard InChI is InChI=1S/C13H19N3OS/c1-4-6-13(9-14,7-5-2)11(17)16-12-15-10(3)8-18-12/h8H,4-7H2,1-3H3,(H,15,16,17). The van der Waals surface area contributed by atoms with E-state index in [1.165, 1.54) is 11.3 Å². The number of hydrogen-bond acceptors (Lipinski definition) is 4. The maximum Gasteiger partial charge on any atom is 0.246 e. The van der Waals surface area contributed by atoms with Crippen molar-refractivity contribution in [2.75, 3.05) is 5.32 Å². The molecule has 0 saturated heterocycles. The fraction of sp³-hybridized carbons (Fsp3) is 0.615. The summed E-state index contributed by atoms with van der Waals surface area (Å²) in [6.07, 6.45) is 2.82. The van der Waals surface area contributed by atoms with Crippen LogP contribution < -0.4 is 5.32 Å². The van der Waals surface area contributed by atoms with E-state index in [2.05, 4.69) is 16.4 Å². The molecule has 5 heteroatoms. The van der Waals surface area contributed by atoms with E-state index in [1.54, 1.807) is 0 Å². The van der Waals surface area contributed by atoms with Gasteiger partial charge in [-0.2, -0.15) is 5.26 Å². The summed E-state index contributed by atoms with van der Waals surface area (Å²) < 4.78 is 0.